The van der Waals surface area contributed by atoms with Crippen molar-refractivity contribution in [3.63, 3.8) is 0 Å². The minimum Gasteiger partial charge on any atom is -0.375 e. The van der Waals surface area contributed by atoms with Crippen LogP contribution >= 0.6 is 0 Å². The quantitative estimate of drug-likeness (QED) is 0.812. The van der Waals surface area contributed by atoms with Gasteiger partial charge < -0.3 is 20.4 Å². The number of nitrogens with one attached hydrogen (secondary N) is 1. The van der Waals surface area contributed by atoms with Crippen molar-refractivity contribution in [2.45, 2.75) is 57.7 Å². The summed E-state index contributed by atoms with van der Waals surface area (Å²) < 4.78 is 8.02. The van der Waals surface area contributed by atoms with E-state index in [9.17, 15) is 0 Å². The number of nitrogen functional groups attached to an aromatic ring is 1. The molecule has 0 amide bonds. The lowest BCUT2D eigenvalue weighted by molar-refractivity contribution is -0.0160. The maximum atomic E-state index is 5.93. The fraction of sp³-hybridized carbons (Fsp3) is 0.611. The molecule has 0 spiro atoms. The summed E-state index contributed by atoms with van der Waals surface area (Å²) in [6.07, 6.45) is 9.62. The Bertz CT molecular complexity index is 802. The second kappa shape index (κ2) is 5.98. The summed E-state index contributed by atoms with van der Waals surface area (Å²) in [5, 5.41) is 3.40. The zero-order chi connectivity index (χ0) is 17.6. The van der Waals surface area contributed by atoms with Crippen molar-refractivity contribution in [3.8, 4) is 0 Å². The van der Waals surface area contributed by atoms with Gasteiger partial charge in [0.05, 0.1) is 24.6 Å². The number of hydrogen-bond acceptors (Lipinski definition) is 6. The summed E-state index contributed by atoms with van der Waals surface area (Å²) in [5.74, 6) is 1.44. The lowest BCUT2D eigenvalue weighted by Gasteiger charge is -2.22. The van der Waals surface area contributed by atoms with E-state index in [0.29, 0.717) is 12.0 Å². The molecule has 0 unspecified atom stereocenters. The van der Waals surface area contributed by atoms with Crippen molar-refractivity contribution >= 4 is 22.9 Å². The normalized spacial score (nSPS) is 23.5. The largest absolute Gasteiger partial charge is 0.375 e. The Morgan fingerprint density at radius 1 is 1.28 bits per heavy atom. The van der Waals surface area contributed by atoms with Gasteiger partial charge in [0.2, 0.25) is 5.95 Å². The highest BCUT2D eigenvalue weighted by atomic mass is 16.5. The molecule has 1 saturated carbocycles. The number of allylic oxidation sites excluding steroid dienone is 1. The predicted molar refractivity (Wildman–Crippen MR) is 98.4 cm³/mol. The number of anilines is 2. The first-order valence-corrected chi connectivity index (χ1v) is 8.98. The molecule has 7 nitrogen and oxygen atoms in total. The van der Waals surface area contributed by atoms with E-state index in [2.05, 4.69) is 57.8 Å². The van der Waals surface area contributed by atoms with Gasteiger partial charge in [-0.05, 0) is 40.0 Å². The van der Waals surface area contributed by atoms with Crippen LogP contribution in [0.4, 0.5) is 11.8 Å². The van der Waals surface area contributed by atoms with Gasteiger partial charge in [0.15, 0.2) is 17.0 Å². The van der Waals surface area contributed by atoms with Crippen LogP contribution in [0.15, 0.2) is 18.5 Å². The molecule has 4 rings (SSSR count). The van der Waals surface area contributed by atoms with Crippen molar-refractivity contribution in [1.82, 2.24) is 19.5 Å². The highest BCUT2D eigenvalue weighted by molar-refractivity contribution is 5.84. The van der Waals surface area contributed by atoms with Crippen LogP contribution in [0.3, 0.4) is 0 Å². The monoisotopic (exact) mass is 342 g/mol. The standard InChI is InChI=1S/C18H26N6O/c1-18(2,3)25-9-11-4-7-13(8-11)24-10-20-14-15(21-12-5-6-12)22-17(19)23-16(14)24/h4,7,10-13H,5-6,8-9H2,1-3H3,(H3,19,21,22,23)/t11-,13+/m1/s1. The average molecular weight is 342 g/mol. The SMILES string of the molecule is CC(C)(C)OC[C@@H]1C=C[C@H](n2cnc3c(NC4CC4)nc(N)nc32)C1. The Morgan fingerprint density at radius 3 is 2.80 bits per heavy atom. The van der Waals surface area contributed by atoms with E-state index in [4.69, 9.17) is 10.5 Å². The van der Waals surface area contributed by atoms with Crippen molar-refractivity contribution in [2.75, 3.05) is 17.7 Å². The smallest absolute Gasteiger partial charge is 0.224 e. The average Bonchev–Trinajstić information content (AvgIpc) is 3.06. The molecule has 0 radical (unpaired) electrons. The van der Waals surface area contributed by atoms with Gasteiger partial charge in [-0.15, -0.1) is 0 Å². The van der Waals surface area contributed by atoms with Gasteiger partial charge in [-0.2, -0.15) is 9.97 Å². The van der Waals surface area contributed by atoms with E-state index < -0.39 is 0 Å². The van der Waals surface area contributed by atoms with Crippen LogP contribution in [-0.4, -0.2) is 37.8 Å². The van der Waals surface area contributed by atoms with E-state index in [-0.39, 0.29) is 17.6 Å². The zero-order valence-electron chi connectivity index (χ0n) is 15.1. The highest BCUT2D eigenvalue weighted by Crippen LogP contribution is 2.33. The lowest BCUT2D eigenvalue weighted by atomic mass is 10.1. The van der Waals surface area contributed by atoms with Gasteiger partial charge >= 0.3 is 0 Å². The number of hydrogen-bond donors (Lipinski definition) is 2. The fourth-order valence-corrected chi connectivity index (χ4v) is 3.14. The van der Waals surface area contributed by atoms with Crippen LogP contribution in [0.1, 0.15) is 46.1 Å². The summed E-state index contributed by atoms with van der Waals surface area (Å²) in [4.78, 5) is 13.3. The first kappa shape index (κ1) is 16.3. The van der Waals surface area contributed by atoms with Crippen molar-refractivity contribution < 1.29 is 4.74 Å². The van der Waals surface area contributed by atoms with Crippen molar-refractivity contribution in [2.24, 2.45) is 5.92 Å². The van der Waals surface area contributed by atoms with Crippen molar-refractivity contribution in [3.05, 3.63) is 18.5 Å². The number of ether oxygens (including phenoxy) is 1. The third kappa shape index (κ3) is 3.61. The Labute approximate surface area is 147 Å². The van der Waals surface area contributed by atoms with Gasteiger partial charge in [0.25, 0.3) is 0 Å². The molecule has 25 heavy (non-hydrogen) atoms. The van der Waals surface area contributed by atoms with E-state index in [1.807, 2.05) is 6.33 Å². The summed E-state index contributed by atoms with van der Waals surface area (Å²) in [7, 11) is 0. The van der Waals surface area contributed by atoms with Crippen LogP contribution in [0, 0.1) is 5.92 Å². The third-order valence-corrected chi connectivity index (χ3v) is 4.59. The summed E-state index contributed by atoms with van der Waals surface area (Å²) in [5.41, 5.74) is 7.41. The van der Waals surface area contributed by atoms with Crippen LogP contribution in [0.2, 0.25) is 0 Å². The molecule has 3 N–H and O–H groups in total. The molecule has 2 aromatic heterocycles. The number of aromatic nitrogens is 4. The van der Waals surface area contributed by atoms with Gasteiger partial charge in [-0.3, -0.25) is 0 Å². The number of nitrogens with two attached hydrogens (primary N) is 1. The minimum absolute atomic E-state index is 0.112. The number of imidazole rings is 1. The topological polar surface area (TPSA) is 90.9 Å². The number of fused-ring (bicyclic) bond motifs is 1. The van der Waals surface area contributed by atoms with Gasteiger partial charge in [0, 0.05) is 12.0 Å². The van der Waals surface area contributed by atoms with E-state index in [0.717, 1.165) is 30.0 Å². The minimum atomic E-state index is -0.112. The molecule has 0 bridgehead atoms. The van der Waals surface area contributed by atoms with E-state index in [1.54, 1.807) is 0 Å². The molecular weight excluding hydrogens is 316 g/mol. The second-order valence-corrected chi connectivity index (χ2v) is 8.04. The number of nitrogens with zero attached hydrogens (tertiary/aromatic N) is 4. The Hall–Kier alpha value is -2.15. The third-order valence-electron chi connectivity index (χ3n) is 4.59. The molecule has 2 heterocycles. The maximum Gasteiger partial charge on any atom is 0.224 e. The van der Waals surface area contributed by atoms with Crippen LogP contribution in [-0.2, 0) is 4.74 Å². The van der Waals surface area contributed by atoms with Crippen LogP contribution in [0.5, 0.6) is 0 Å². The zero-order valence-corrected chi connectivity index (χ0v) is 15.1. The molecule has 7 heteroatoms. The molecule has 0 saturated heterocycles. The van der Waals surface area contributed by atoms with Gasteiger partial charge in [-0.25, -0.2) is 4.98 Å². The first-order valence-electron chi connectivity index (χ1n) is 8.98. The van der Waals surface area contributed by atoms with Crippen LogP contribution < -0.4 is 11.1 Å². The van der Waals surface area contributed by atoms with Crippen molar-refractivity contribution in [1.29, 1.82) is 0 Å². The lowest BCUT2D eigenvalue weighted by Crippen LogP contribution is -2.22. The van der Waals surface area contributed by atoms with Crippen LogP contribution in [0.25, 0.3) is 11.2 Å². The molecule has 2 aliphatic carbocycles. The molecule has 2 aliphatic rings. The molecule has 1 fully saturated rings. The Morgan fingerprint density at radius 2 is 2.08 bits per heavy atom. The van der Waals surface area contributed by atoms with E-state index in [1.165, 1.54) is 12.8 Å². The maximum absolute atomic E-state index is 5.93. The van der Waals surface area contributed by atoms with Gasteiger partial charge in [-0.1, -0.05) is 12.2 Å². The predicted octanol–water partition coefficient (Wildman–Crippen LogP) is 2.92. The fourth-order valence-electron chi connectivity index (χ4n) is 3.14. The Balaban J connectivity index is 1.54. The first-order chi connectivity index (χ1) is 11.9. The molecular formula is C18H26N6O. The number of rotatable bonds is 5. The molecule has 2 aromatic rings. The molecule has 0 aromatic carbocycles. The second-order valence-electron chi connectivity index (χ2n) is 8.04. The van der Waals surface area contributed by atoms with Gasteiger partial charge in [0.1, 0.15) is 0 Å². The summed E-state index contributed by atoms with van der Waals surface area (Å²) >= 11 is 0. The molecule has 134 valence electrons. The Kier molecular flexibility index (Phi) is 3.91. The van der Waals surface area contributed by atoms with E-state index >= 15 is 0 Å². The summed E-state index contributed by atoms with van der Waals surface area (Å²) in [6.45, 7) is 6.98. The molecule has 0 aliphatic heterocycles. The highest BCUT2D eigenvalue weighted by Gasteiger charge is 2.27. The summed E-state index contributed by atoms with van der Waals surface area (Å²) in [6, 6.07) is 0.717. The molecule has 2 atom stereocenters.